The maximum Gasteiger partial charge on any atom is 0.335 e. The Kier molecular flexibility index (Phi) is 3.15. The molecule has 92 valence electrons. The lowest BCUT2D eigenvalue weighted by Gasteiger charge is -2.09. The van der Waals surface area contributed by atoms with Gasteiger partial charge in [0, 0.05) is 11.8 Å². The Morgan fingerprint density at radius 1 is 1.06 bits per heavy atom. The first-order valence-electron chi connectivity index (χ1n) is 5.76. The Hall–Kier alpha value is -2.16. The van der Waals surface area contributed by atoms with Crippen molar-refractivity contribution >= 4 is 5.97 Å². The Bertz CT molecular complexity index is 618. The molecule has 0 radical (unpaired) electrons. The first-order valence-corrected chi connectivity index (χ1v) is 5.76. The summed E-state index contributed by atoms with van der Waals surface area (Å²) >= 11 is 0. The summed E-state index contributed by atoms with van der Waals surface area (Å²) in [4.78, 5) is 15.2. The molecular weight excluding hydrogens is 226 g/mol. The second-order valence-electron chi connectivity index (χ2n) is 4.49. The van der Waals surface area contributed by atoms with Gasteiger partial charge in [-0.2, -0.15) is 0 Å². The summed E-state index contributed by atoms with van der Waals surface area (Å²) in [5, 5.41) is 9.00. The third-order valence-corrected chi connectivity index (χ3v) is 3.12. The normalized spacial score (nSPS) is 10.4. The van der Waals surface area contributed by atoms with E-state index in [9.17, 15) is 4.79 Å². The Morgan fingerprint density at radius 2 is 1.72 bits per heavy atom. The molecule has 1 aromatic carbocycles. The summed E-state index contributed by atoms with van der Waals surface area (Å²) in [6, 6.07) is 7.26. The number of hydrogen-bond donors (Lipinski definition) is 1. The molecule has 0 atom stereocenters. The lowest BCUT2D eigenvalue weighted by atomic mass is 9.98. The van der Waals surface area contributed by atoms with Gasteiger partial charge in [0.15, 0.2) is 0 Å². The molecule has 0 aliphatic rings. The number of aromatic carboxylic acids is 1. The second kappa shape index (κ2) is 4.61. The molecule has 0 aliphatic carbocycles. The Labute approximate surface area is 106 Å². The predicted molar refractivity (Wildman–Crippen MR) is 70.8 cm³/mol. The van der Waals surface area contributed by atoms with Crippen LogP contribution in [0.5, 0.6) is 0 Å². The minimum absolute atomic E-state index is 0.262. The fourth-order valence-corrected chi connectivity index (χ4v) is 1.95. The van der Waals surface area contributed by atoms with Gasteiger partial charge >= 0.3 is 5.97 Å². The van der Waals surface area contributed by atoms with Crippen molar-refractivity contribution in [2.75, 3.05) is 0 Å². The summed E-state index contributed by atoms with van der Waals surface area (Å²) in [5.41, 5.74) is 5.46. The highest BCUT2D eigenvalue weighted by Crippen LogP contribution is 2.25. The van der Waals surface area contributed by atoms with Gasteiger partial charge in [-0.05, 0) is 55.7 Å². The molecule has 1 heterocycles. The van der Waals surface area contributed by atoms with E-state index < -0.39 is 5.97 Å². The van der Waals surface area contributed by atoms with E-state index in [4.69, 9.17) is 5.11 Å². The first-order chi connectivity index (χ1) is 8.49. The van der Waals surface area contributed by atoms with Crippen molar-refractivity contribution in [1.29, 1.82) is 0 Å². The second-order valence-corrected chi connectivity index (χ2v) is 4.49. The molecule has 0 aliphatic heterocycles. The van der Waals surface area contributed by atoms with Crippen LogP contribution in [0.2, 0.25) is 0 Å². The molecule has 0 fully saturated rings. The topological polar surface area (TPSA) is 50.2 Å². The molecule has 2 aromatic rings. The van der Waals surface area contributed by atoms with Crippen LogP contribution in [0.15, 0.2) is 30.5 Å². The smallest absolute Gasteiger partial charge is 0.335 e. The number of hydrogen-bond acceptors (Lipinski definition) is 2. The van der Waals surface area contributed by atoms with Crippen molar-refractivity contribution in [3.05, 3.63) is 52.7 Å². The Morgan fingerprint density at radius 3 is 2.39 bits per heavy atom. The lowest BCUT2D eigenvalue weighted by Crippen LogP contribution is -1.98. The number of carboxylic acid groups (broad SMARTS) is 1. The van der Waals surface area contributed by atoms with Crippen molar-refractivity contribution in [2.45, 2.75) is 20.8 Å². The van der Waals surface area contributed by atoms with Gasteiger partial charge in [0.05, 0.1) is 11.3 Å². The quantitative estimate of drug-likeness (QED) is 0.876. The SMILES string of the molecule is Cc1cc(C)c(-c2cc(C(=O)O)ccn2)cc1C. The zero-order valence-electron chi connectivity index (χ0n) is 10.7. The number of benzene rings is 1. The highest BCUT2D eigenvalue weighted by molar-refractivity contribution is 5.89. The Balaban J connectivity index is 2.58. The van der Waals surface area contributed by atoms with Crippen LogP contribution in [0.1, 0.15) is 27.0 Å². The summed E-state index contributed by atoms with van der Waals surface area (Å²) in [7, 11) is 0. The highest BCUT2D eigenvalue weighted by atomic mass is 16.4. The van der Waals surface area contributed by atoms with E-state index in [1.165, 1.54) is 23.4 Å². The van der Waals surface area contributed by atoms with Crippen LogP contribution in [-0.4, -0.2) is 16.1 Å². The maximum absolute atomic E-state index is 11.0. The van der Waals surface area contributed by atoms with Gasteiger partial charge in [0.2, 0.25) is 0 Å². The van der Waals surface area contributed by atoms with Crippen LogP contribution in [-0.2, 0) is 0 Å². The summed E-state index contributed by atoms with van der Waals surface area (Å²) in [6.45, 7) is 6.11. The maximum atomic E-state index is 11.0. The zero-order valence-corrected chi connectivity index (χ0v) is 10.7. The molecule has 0 saturated heterocycles. The van der Waals surface area contributed by atoms with Crippen molar-refractivity contribution < 1.29 is 9.90 Å². The molecule has 0 spiro atoms. The third kappa shape index (κ3) is 2.25. The van der Waals surface area contributed by atoms with Gasteiger partial charge in [-0.3, -0.25) is 4.98 Å². The van der Waals surface area contributed by atoms with Gasteiger partial charge in [-0.1, -0.05) is 6.07 Å². The number of nitrogens with zero attached hydrogens (tertiary/aromatic N) is 1. The first kappa shape index (κ1) is 12.3. The van der Waals surface area contributed by atoms with Gasteiger partial charge < -0.3 is 5.11 Å². The third-order valence-electron chi connectivity index (χ3n) is 3.12. The lowest BCUT2D eigenvalue weighted by molar-refractivity contribution is 0.0697. The molecule has 0 saturated carbocycles. The van der Waals surface area contributed by atoms with Crippen LogP contribution in [0.4, 0.5) is 0 Å². The average molecular weight is 241 g/mol. The number of carbonyl (C=O) groups is 1. The number of aryl methyl sites for hydroxylation is 3. The van der Waals surface area contributed by atoms with E-state index in [-0.39, 0.29) is 5.56 Å². The number of rotatable bonds is 2. The fraction of sp³-hybridized carbons (Fsp3) is 0.200. The molecule has 0 bridgehead atoms. The number of carboxylic acids is 1. The predicted octanol–water partition coefficient (Wildman–Crippen LogP) is 3.37. The van der Waals surface area contributed by atoms with Crippen LogP contribution >= 0.6 is 0 Å². The monoisotopic (exact) mass is 241 g/mol. The fourth-order valence-electron chi connectivity index (χ4n) is 1.95. The summed E-state index contributed by atoms with van der Waals surface area (Å²) in [5.74, 6) is -0.930. The largest absolute Gasteiger partial charge is 0.478 e. The molecule has 2 rings (SSSR count). The zero-order chi connectivity index (χ0) is 13.3. The van der Waals surface area contributed by atoms with Crippen molar-refractivity contribution in [2.24, 2.45) is 0 Å². The molecule has 18 heavy (non-hydrogen) atoms. The molecule has 0 unspecified atom stereocenters. The van der Waals surface area contributed by atoms with Gasteiger partial charge in [-0.25, -0.2) is 4.79 Å². The van der Waals surface area contributed by atoms with Crippen molar-refractivity contribution in [3.8, 4) is 11.3 Å². The van der Waals surface area contributed by atoms with E-state index in [0.717, 1.165) is 11.1 Å². The van der Waals surface area contributed by atoms with E-state index in [1.54, 1.807) is 6.07 Å². The molecule has 1 N–H and O–H groups in total. The molecule has 3 nitrogen and oxygen atoms in total. The van der Waals surface area contributed by atoms with E-state index in [2.05, 4.69) is 24.0 Å². The van der Waals surface area contributed by atoms with E-state index in [0.29, 0.717) is 5.69 Å². The van der Waals surface area contributed by atoms with Gasteiger partial charge in [0.25, 0.3) is 0 Å². The molecule has 1 aromatic heterocycles. The number of pyridine rings is 1. The van der Waals surface area contributed by atoms with Crippen LogP contribution < -0.4 is 0 Å². The van der Waals surface area contributed by atoms with Crippen molar-refractivity contribution in [3.63, 3.8) is 0 Å². The molecule has 0 amide bonds. The minimum Gasteiger partial charge on any atom is -0.478 e. The van der Waals surface area contributed by atoms with E-state index >= 15 is 0 Å². The van der Waals surface area contributed by atoms with Crippen LogP contribution in [0, 0.1) is 20.8 Å². The molecule has 3 heteroatoms. The molecular formula is C15H15NO2. The average Bonchev–Trinajstić information content (AvgIpc) is 2.34. The standard InChI is InChI=1S/C15H15NO2/c1-9-6-11(3)13(7-10(9)2)14-8-12(15(17)18)4-5-16-14/h4-8H,1-3H3,(H,17,18). The van der Waals surface area contributed by atoms with Crippen molar-refractivity contribution in [1.82, 2.24) is 4.98 Å². The van der Waals surface area contributed by atoms with Crippen LogP contribution in [0.3, 0.4) is 0 Å². The summed E-state index contributed by atoms with van der Waals surface area (Å²) < 4.78 is 0. The summed E-state index contributed by atoms with van der Waals surface area (Å²) in [6.07, 6.45) is 1.54. The number of aromatic nitrogens is 1. The van der Waals surface area contributed by atoms with Gasteiger partial charge in [-0.15, -0.1) is 0 Å². The van der Waals surface area contributed by atoms with Crippen LogP contribution in [0.25, 0.3) is 11.3 Å². The highest BCUT2D eigenvalue weighted by Gasteiger charge is 2.09. The minimum atomic E-state index is -0.930. The van der Waals surface area contributed by atoms with Gasteiger partial charge in [0.1, 0.15) is 0 Å². The van der Waals surface area contributed by atoms with E-state index in [1.807, 2.05) is 13.8 Å².